The van der Waals surface area contributed by atoms with Gasteiger partial charge >= 0.3 is 12.1 Å². The van der Waals surface area contributed by atoms with Gasteiger partial charge < -0.3 is 9.84 Å². The Morgan fingerprint density at radius 1 is 1.57 bits per heavy atom. The summed E-state index contributed by atoms with van der Waals surface area (Å²) >= 11 is 0. The average molecular weight is 204 g/mol. The van der Waals surface area contributed by atoms with E-state index in [1.165, 1.54) is 6.92 Å². The minimum atomic E-state index is -1.17. The first-order valence-corrected chi connectivity index (χ1v) is 4.44. The van der Waals surface area contributed by atoms with E-state index in [0.29, 0.717) is 5.01 Å². The van der Waals surface area contributed by atoms with Crippen LogP contribution in [0, 0.1) is 0 Å². The van der Waals surface area contributed by atoms with E-state index in [0.717, 1.165) is 12.8 Å². The zero-order valence-corrected chi connectivity index (χ0v) is 8.40. The Morgan fingerprint density at radius 2 is 2.14 bits per heavy atom. The number of amides is 1. The second-order valence-electron chi connectivity index (χ2n) is 2.89. The van der Waals surface area contributed by atoms with Gasteiger partial charge in [0.25, 0.3) is 0 Å². The third-order valence-corrected chi connectivity index (χ3v) is 1.71. The number of rotatable bonds is 5. The van der Waals surface area contributed by atoms with Crippen molar-refractivity contribution in [1.82, 2.24) is 5.01 Å². The van der Waals surface area contributed by atoms with E-state index in [1.54, 1.807) is 0 Å². The molecule has 1 atom stereocenters. The number of aliphatic carboxylic acids is 1. The van der Waals surface area contributed by atoms with Gasteiger partial charge in [-0.1, -0.05) is 13.3 Å². The third-order valence-electron chi connectivity index (χ3n) is 1.71. The molecule has 0 saturated carbocycles. The van der Waals surface area contributed by atoms with Crippen LogP contribution in [0.25, 0.3) is 0 Å². The highest BCUT2D eigenvalue weighted by atomic mass is 16.6. The Balaban J connectivity index is 3.92. The topological polar surface area (TPSA) is 92.9 Å². The fourth-order valence-electron chi connectivity index (χ4n) is 0.655. The number of ether oxygens (including phenoxy) is 1. The summed E-state index contributed by atoms with van der Waals surface area (Å²) in [5.74, 6) is 4.06. The zero-order chi connectivity index (χ0) is 11.1. The summed E-state index contributed by atoms with van der Waals surface area (Å²) in [6.45, 7) is 3.52. The van der Waals surface area contributed by atoms with Crippen molar-refractivity contribution in [3.63, 3.8) is 0 Å². The quantitative estimate of drug-likeness (QED) is 0.295. The van der Waals surface area contributed by atoms with E-state index in [-0.39, 0.29) is 6.61 Å². The highest BCUT2D eigenvalue weighted by Gasteiger charge is 2.23. The molecule has 0 aromatic heterocycles. The van der Waals surface area contributed by atoms with Gasteiger partial charge in [0.1, 0.15) is 6.04 Å². The van der Waals surface area contributed by atoms with Gasteiger partial charge in [-0.15, -0.1) is 0 Å². The lowest BCUT2D eigenvalue weighted by Gasteiger charge is -2.19. The molecular formula is C8H16N2O4. The van der Waals surface area contributed by atoms with Crippen LogP contribution in [0.3, 0.4) is 0 Å². The van der Waals surface area contributed by atoms with E-state index < -0.39 is 18.1 Å². The van der Waals surface area contributed by atoms with Gasteiger partial charge in [0, 0.05) is 0 Å². The van der Waals surface area contributed by atoms with Crippen molar-refractivity contribution in [1.29, 1.82) is 0 Å². The molecule has 0 saturated heterocycles. The minimum Gasteiger partial charge on any atom is -0.480 e. The summed E-state index contributed by atoms with van der Waals surface area (Å²) in [5, 5.41) is 9.11. The van der Waals surface area contributed by atoms with Crippen LogP contribution in [0.4, 0.5) is 4.79 Å². The standard InChI is InChI=1S/C8H16N2O4/c1-3-4-5-14-8(13)10(9)6(2)7(11)12/h6H,3-5,9H2,1-2H3,(H,11,12)/t6-/m0/s1. The number of carbonyl (C=O) groups excluding carboxylic acids is 1. The predicted molar refractivity (Wildman–Crippen MR) is 49.4 cm³/mol. The van der Waals surface area contributed by atoms with E-state index >= 15 is 0 Å². The van der Waals surface area contributed by atoms with Gasteiger partial charge in [-0.25, -0.2) is 20.4 Å². The van der Waals surface area contributed by atoms with Gasteiger partial charge in [-0.3, -0.25) is 0 Å². The first-order chi connectivity index (χ1) is 6.50. The molecule has 6 nitrogen and oxygen atoms in total. The van der Waals surface area contributed by atoms with Gasteiger partial charge in [-0.2, -0.15) is 0 Å². The largest absolute Gasteiger partial charge is 0.480 e. The Morgan fingerprint density at radius 3 is 2.57 bits per heavy atom. The normalized spacial score (nSPS) is 11.9. The fourth-order valence-corrected chi connectivity index (χ4v) is 0.655. The molecule has 0 aliphatic rings. The number of nitrogens with two attached hydrogens (primary N) is 1. The fraction of sp³-hybridized carbons (Fsp3) is 0.750. The van der Waals surface area contributed by atoms with E-state index in [2.05, 4.69) is 0 Å². The van der Waals surface area contributed by atoms with Crippen LogP contribution >= 0.6 is 0 Å². The highest BCUT2D eigenvalue weighted by molar-refractivity contribution is 5.79. The lowest BCUT2D eigenvalue weighted by atomic mass is 10.3. The average Bonchev–Trinajstić information content (AvgIpc) is 2.15. The van der Waals surface area contributed by atoms with Crippen molar-refractivity contribution in [2.75, 3.05) is 6.61 Å². The van der Waals surface area contributed by atoms with Crippen molar-refractivity contribution in [2.45, 2.75) is 32.7 Å². The van der Waals surface area contributed by atoms with Crippen molar-refractivity contribution < 1.29 is 19.4 Å². The molecular weight excluding hydrogens is 188 g/mol. The second-order valence-corrected chi connectivity index (χ2v) is 2.89. The third kappa shape index (κ3) is 4.08. The number of nitrogens with zero attached hydrogens (tertiary/aromatic N) is 1. The van der Waals surface area contributed by atoms with Crippen molar-refractivity contribution in [3.8, 4) is 0 Å². The molecule has 82 valence electrons. The second kappa shape index (κ2) is 6.20. The van der Waals surface area contributed by atoms with Crippen LogP contribution in [0.15, 0.2) is 0 Å². The van der Waals surface area contributed by atoms with E-state index in [4.69, 9.17) is 15.7 Å². The van der Waals surface area contributed by atoms with Crippen molar-refractivity contribution >= 4 is 12.1 Å². The molecule has 0 radical (unpaired) electrons. The Hall–Kier alpha value is -1.30. The number of carboxylic acids is 1. The summed E-state index contributed by atoms with van der Waals surface area (Å²) in [4.78, 5) is 21.5. The van der Waals surface area contributed by atoms with Gasteiger partial charge in [-0.05, 0) is 13.3 Å². The Labute approximate surface area is 82.6 Å². The molecule has 14 heavy (non-hydrogen) atoms. The van der Waals surface area contributed by atoms with E-state index in [9.17, 15) is 9.59 Å². The molecule has 0 aromatic rings. The molecule has 3 N–H and O–H groups in total. The Kier molecular flexibility index (Phi) is 5.62. The lowest BCUT2D eigenvalue weighted by molar-refractivity contribution is -0.142. The summed E-state index contributed by atoms with van der Waals surface area (Å²) in [6, 6.07) is -1.08. The molecule has 0 unspecified atom stereocenters. The summed E-state index contributed by atoms with van der Waals surface area (Å²) < 4.78 is 4.71. The SMILES string of the molecule is CCCCOC(=O)N(N)[C@@H](C)C(=O)O. The molecule has 0 aliphatic carbocycles. The molecule has 0 bridgehead atoms. The first kappa shape index (κ1) is 12.7. The molecule has 0 heterocycles. The number of carboxylic acid groups (broad SMARTS) is 1. The molecule has 0 fully saturated rings. The van der Waals surface area contributed by atoms with Crippen LogP contribution in [-0.2, 0) is 9.53 Å². The van der Waals surface area contributed by atoms with Gasteiger partial charge in [0.05, 0.1) is 6.61 Å². The number of hydrazine groups is 1. The molecule has 0 aromatic carbocycles. The maximum atomic E-state index is 11.1. The van der Waals surface area contributed by atoms with Gasteiger partial charge in [0.2, 0.25) is 0 Å². The predicted octanol–water partition coefficient (Wildman–Crippen LogP) is 0.572. The van der Waals surface area contributed by atoms with Crippen LogP contribution in [0.1, 0.15) is 26.7 Å². The van der Waals surface area contributed by atoms with Crippen LogP contribution < -0.4 is 5.84 Å². The summed E-state index contributed by atoms with van der Waals surface area (Å²) in [5.41, 5.74) is 0. The number of hydrogen-bond acceptors (Lipinski definition) is 4. The van der Waals surface area contributed by atoms with Crippen molar-refractivity contribution in [2.24, 2.45) is 5.84 Å². The Bertz CT molecular complexity index is 208. The minimum absolute atomic E-state index is 0.259. The van der Waals surface area contributed by atoms with Crippen molar-refractivity contribution in [3.05, 3.63) is 0 Å². The lowest BCUT2D eigenvalue weighted by Crippen LogP contribution is -2.48. The molecule has 6 heteroatoms. The zero-order valence-electron chi connectivity index (χ0n) is 8.40. The van der Waals surface area contributed by atoms with Crippen LogP contribution in [0.2, 0.25) is 0 Å². The monoisotopic (exact) mass is 204 g/mol. The maximum Gasteiger partial charge on any atom is 0.424 e. The molecule has 1 amide bonds. The maximum absolute atomic E-state index is 11.1. The first-order valence-electron chi connectivity index (χ1n) is 4.44. The number of unbranched alkanes of at least 4 members (excludes halogenated alkanes) is 1. The molecule has 0 spiro atoms. The van der Waals surface area contributed by atoms with Crippen LogP contribution in [0.5, 0.6) is 0 Å². The number of hydrogen-bond donors (Lipinski definition) is 2. The molecule has 0 rings (SSSR count). The van der Waals surface area contributed by atoms with Crippen LogP contribution in [-0.4, -0.2) is 34.8 Å². The van der Waals surface area contributed by atoms with E-state index in [1.807, 2.05) is 6.92 Å². The van der Waals surface area contributed by atoms with Gasteiger partial charge in [0.15, 0.2) is 0 Å². The summed E-state index contributed by atoms with van der Waals surface area (Å²) in [6.07, 6.45) is 0.821. The summed E-state index contributed by atoms with van der Waals surface area (Å²) in [7, 11) is 0. The smallest absolute Gasteiger partial charge is 0.424 e. The molecule has 0 aliphatic heterocycles. The highest BCUT2D eigenvalue weighted by Crippen LogP contribution is 1.97. The number of carbonyl (C=O) groups is 2.